The summed E-state index contributed by atoms with van der Waals surface area (Å²) < 4.78 is 4.97. The minimum absolute atomic E-state index is 0.0240. The zero-order chi connectivity index (χ0) is 19.4. The molecule has 2 aliphatic heterocycles. The van der Waals surface area contributed by atoms with Gasteiger partial charge in [0.05, 0.1) is 18.2 Å². The number of carbonyl (C=O) groups is 2. The van der Waals surface area contributed by atoms with Gasteiger partial charge in [-0.3, -0.25) is 9.59 Å². The summed E-state index contributed by atoms with van der Waals surface area (Å²) in [5.41, 5.74) is 7.49. The van der Waals surface area contributed by atoms with Gasteiger partial charge in [-0.2, -0.15) is 0 Å². The number of halogens is 1. The highest BCUT2D eigenvalue weighted by molar-refractivity contribution is 8.03. The smallest absolute Gasteiger partial charge is 0.252 e. The van der Waals surface area contributed by atoms with Crippen LogP contribution in [0.15, 0.2) is 47.0 Å². The number of ketones is 1. The zero-order valence-corrected chi connectivity index (χ0v) is 16.6. The third-order valence-electron chi connectivity index (χ3n) is 4.40. The van der Waals surface area contributed by atoms with E-state index >= 15 is 0 Å². The van der Waals surface area contributed by atoms with E-state index in [0.29, 0.717) is 36.0 Å². The molecule has 1 unspecified atom stereocenters. The second-order valence-electron chi connectivity index (χ2n) is 6.40. The van der Waals surface area contributed by atoms with Crippen LogP contribution in [0.3, 0.4) is 0 Å². The highest BCUT2D eigenvalue weighted by atomic mass is 35.5. The van der Waals surface area contributed by atoms with Crippen LogP contribution in [0.4, 0.5) is 0 Å². The molecule has 2 aliphatic rings. The Morgan fingerprint density at radius 2 is 2.15 bits per heavy atom. The van der Waals surface area contributed by atoms with E-state index in [1.54, 1.807) is 19.4 Å². The maximum absolute atomic E-state index is 12.7. The van der Waals surface area contributed by atoms with Crippen molar-refractivity contribution >= 4 is 35.1 Å². The summed E-state index contributed by atoms with van der Waals surface area (Å²) in [7, 11) is 1.58. The quantitative estimate of drug-likeness (QED) is 0.698. The fraction of sp³-hybridized carbons (Fsp3) is 0.368. The molecule has 8 heteroatoms. The van der Waals surface area contributed by atoms with Crippen LogP contribution in [0.25, 0.3) is 0 Å². The number of rotatable bonds is 6. The summed E-state index contributed by atoms with van der Waals surface area (Å²) in [6.07, 6.45) is 3.53. The van der Waals surface area contributed by atoms with Gasteiger partial charge in [-0.25, -0.2) is 0 Å². The summed E-state index contributed by atoms with van der Waals surface area (Å²) >= 11 is 7.49. The number of benzene rings is 1. The molecule has 6 nitrogen and oxygen atoms in total. The Bertz CT molecular complexity index is 779. The molecule has 1 aromatic rings. The minimum atomic E-state index is -0.504. The van der Waals surface area contributed by atoms with E-state index in [4.69, 9.17) is 22.1 Å². The van der Waals surface area contributed by atoms with E-state index in [0.717, 1.165) is 10.5 Å². The number of nitrogens with zero attached hydrogens (tertiary/aromatic N) is 1. The summed E-state index contributed by atoms with van der Waals surface area (Å²) in [6.45, 7) is 1.34. The molecule has 0 bridgehead atoms. The van der Waals surface area contributed by atoms with Gasteiger partial charge in [0.25, 0.3) is 5.91 Å². The monoisotopic (exact) mass is 407 g/mol. The topological polar surface area (TPSA) is 84.7 Å². The Hall–Kier alpha value is -1.80. The Morgan fingerprint density at radius 3 is 2.85 bits per heavy atom. The Labute approximate surface area is 167 Å². The first-order valence-corrected chi connectivity index (χ1v) is 9.99. The summed E-state index contributed by atoms with van der Waals surface area (Å²) in [5.74, 6) is 0.306. The van der Waals surface area contributed by atoms with Crippen LogP contribution in [-0.4, -0.2) is 54.7 Å². The molecule has 27 heavy (non-hydrogen) atoms. The van der Waals surface area contributed by atoms with Crippen LogP contribution < -0.4 is 11.1 Å². The molecule has 0 spiro atoms. The molecule has 0 saturated carbocycles. The van der Waals surface area contributed by atoms with Crippen LogP contribution in [0, 0.1) is 0 Å². The van der Waals surface area contributed by atoms with E-state index in [1.807, 2.05) is 29.2 Å². The molecule has 3 N–H and O–H groups in total. The Balaban J connectivity index is 1.85. The van der Waals surface area contributed by atoms with E-state index in [2.05, 4.69) is 5.32 Å². The molecule has 1 fully saturated rings. The molecule has 1 amide bonds. The van der Waals surface area contributed by atoms with Crippen molar-refractivity contribution in [3.05, 3.63) is 57.6 Å². The molecule has 1 aromatic carbocycles. The van der Waals surface area contributed by atoms with Gasteiger partial charge in [-0.05, 0) is 23.8 Å². The van der Waals surface area contributed by atoms with Gasteiger partial charge in [0, 0.05) is 42.1 Å². The summed E-state index contributed by atoms with van der Waals surface area (Å²) in [5, 5.41) is 3.47. The Kier molecular flexibility index (Phi) is 6.59. The minimum Gasteiger partial charge on any atom is -0.383 e. The van der Waals surface area contributed by atoms with Crippen LogP contribution in [0.2, 0.25) is 5.02 Å². The molecule has 3 rings (SSSR count). The van der Waals surface area contributed by atoms with Crippen molar-refractivity contribution in [3.8, 4) is 0 Å². The number of ether oxygens (including phenoxy) is 1. The van der Waals surface area contributed by atoms with Crippen molar-refractivity contribution in [3.63, 3.8) is 0 Å². The average Bonchev–Trinajstić information content (AvgIpc) is 2.66. The van der Waals surface area contributed by atoms with Crippen molar-refractivity contribution in [1.82, 2.24) is 10.2 Å². The number of hydrogen-bond donors (Lipinski definition) is 2. The number of amides is 1. The lowest BCUT2D eigenvalue weighted by Gasteiger charge is -2.38. The highest BCUT2D eigenvalue weighted by Crippen LogP contribution is 2.35. The van der Waals surface area contributed by atoms with Crippen molar-refractivity contribution < 1.29 is 14.3 Å². The largest absolute Gasteiger partial charge is 0.383 e. The third-order valence-corrected chi connectivity index (χ3v) is 5.85. The molecule has 0 aromatic heterocycles. The highest BCUT2D eigenvalue weighted by Gasteiger charge is 2.39. The molecular formula is C19H22ClN3O3S. The molecular weight excluding hydrogens is 386 g/mol. The lowest BCUT2D eigenvalue weighted by Crippen LogP contribution is -2.52. The van der Waals surface area contributed by atoms with Crippen molar-refractivity contribution in [2.24, 2.45) is 5.73 Å². The number of fused-ring (bicyclic) bond motifs is 1. The molecule has 1 saturated heterocycles. The van der Waals surface area contributed by atoms with E-state index in [1.165, 1.54) is 11.8 Å². The van der Waals surface area contributed by atoms with Crippen molar-refractivity contribution in [2.75, 3.05) is 26.0 Å². The normalized spacial score (nSPS) is 22.0. The van der Waals surface area contributed by atoms with Gasteiger partial charge < -0.3 is 20.7 Å². The molecule has 0 radical (unpaired) electrons. The fourth-order valence-electron chi connectivity index (χ4n) is 3.01. The number of thioether (sulfide) groups is 1. The number of methoxy groups -OCH3 is 1. The van der Waals surface area contributed by atoms with E-state index in [9.17, 15) is 9.59 Å². The van der Waals surface area contributed by atoms with Gasteiger partial charge in [0.15, 0.2) is 5.78 Å². The Morgan fingerprint density at radius 1 is 1.41 bits per heavy atom. The van der Waals surface area contributed by atoms with E-state index < -0.39 is 12.1 Å². The average molecular weight is 408 g/mol. The number of Topliss-reactive ketones (excluding diaryl/α,β-unsaturated/α-hetero) is 1. The van der Waals surface area contributed by atoms with Gasteiger partial charge in [-0.1, -0.05) is 23.7 Å². The second-order valence-corrected chi connectivity index (χ2v) is 7.93. The fourth-order valence-corrected chi connectivity index (χ4v) is 4.29. The zero-order valence-electron chi connectivity index (χ0n) is 15.0. The molecule has 2 heterocycles. The third kappa shape index (κ3) is 4.73. The van der Waals surface area contributed by atoms with Gasteiger partial charge in [-0.15, -0.1) is 11.8 Å². The van der Waals surface area contributed by atoms with Crippen molar-refractivity contribution in [1.29, 1.82) is 0 Å². The first-order chi connectivity index (χ1) is 13.0. The van der Waals surface area contributed by atoms with Crippen LogP contribution >= 0.6 is 23.4 Å². The summed E-state index contributed by atoms with van der Waals surface area (Å²) in [6, 6.07) is 6.48. The van der Waals surface area contributed by atoms with Crippen molar-refractivity contribution in [2.45, 2.75) is 18.6 Å². The van der Waals surface area contributed by atoms with Gasteiger partial charge in [0.2, 0.25) is 0 Å². The first kappa shape index (κ1) is 19.9. The van der Waals surface area contributed by atoms with Gasteiger partial charge in [0.1, 0.15) is 6.04 Å². The molecule has 144 valence electrons. The lowest BCUT2D eigenvalue weighted by atomic mass is 9.98. The molecule has 0 aliphatic carbocycles. The number of nitrogens with one attached hydrogen (secondary N) is 1. The van der Waals surface area contributed by atoms with E-state index in [-0.39, 0.29) is 11.7 Å². The van der Waals surface area contributed by atoms with Crippen LogP contribution in [0.5, 0.6) is 0 Å². The maximum Gasteiger partial charge on any atom is 0.252 e. The first-order valence-electron chi connectivity index (χ1n) is 8.62. The van der Waals surface area contributed by atoms with Crippen LogP contribution in [-0.2, 0) is 20.9 Å². The number of nitrogens with two attached hydrogens (primary N) is 1. The maximum atomic E-state index is 12.7. The van der Waals surface area contributed by atoms with Gasteiger partial charge >= 0.3 is 0 Å². The lowest BCUT2D eigenvalue weighted by molar-refractivity contribution is -0.123. The standard InChI is InChI=1S/C19H22ClN3O3S/c1-26-7-6-22-19(25)13-8-16-17(18(24)15(21)11-27-16)23(10-13)9-12-2-4-14(20)5-3-12/h2-5,8,10,15,17H,6-7,9,11,21H2,1H3,(H,22,25)/t15-,17?/m0/s1. The molecule has 2 atom stereocenters. The van der Waals surface area contributed by atoms with Crippen LogP contribution in [0.1, 0.15) is 5.56 Å². The number of hydrogen-bond acceptors (Lipinski definition) is 6. The number of carbonyl (C=O) groups excluding carboxylic acids is 2. The SMILES string of the molecule is COCCNC(=O)C1=CN(Cc2ccc(Cl)cc2)C2C(=O)[C@@H](N)CSC2=C1. The second kappa shape index (κ2) is 8.93. The predicted molar refractivity (Wildman–Crippen MR) is 107 cm³/mol. The summed E-state index contributed by atoms with van der Waals surface area (Å²) in [4.78, 5) is 28.0. The predicted octanol–water partition coefficient (Wildman–Crippen LogP) is 1.70.